The molecule has 0 saturated carbocycles. The number of hydrogen-bond acceptors (Lipinski definition) is 4. The van der Waals surface area contributed by atoms with Gasteiger partial charge in [0.1, 0.15) is 4.90 Å². The van der Waals surface area contributed by atoms with E-state index in [-0.39, 0.29) is 4.90 Å². The molecule has 0 amide bonds. The minimum Gasteiger partial charge on any atom is -0.349 e. The lowest BCUT2D eigenvalue weighted by Crippen LogP contribution is -2.11. The van der Waals surface area contributed by atoms with Crippen LogP contribution in [0.4, 0.5) is 5.69 Å². The molecule has 20 heavy (non-hydrogen) atoms. The smallest absolute Gasteiger partial charge is 0.263 e. The first-order valence-electron chi connectivity index (χ1n) is 6.31. The second-order valence-electron chi connectivity index (χ2n) is 4.49. The molecular weight excluding hydrogens is 278 g/mol. The van der Waals surface area contributed by atoms with Gasteiger partial charge in [-0.3, -0.25) is 9.40 Å². The van der Waals surface area contributed by atoms with Crippen LogP contribution >= 0.6 is 0 Å². The fraction of sp³-hybridized carbons (Fsp3) is 0.417. The first kappa shape index (κ1) is 14.6. The summed E-state index contributed by atoms with van der Waals surface area (Å²) in [4.78, 5) is 0.258. The van der Waals surface area contributed by atoms with E-state index < -0.39 is 10.0 Å². The van der Waals surface area contributed by atoms with Gasteiger partial charge < -0.3 is 9.88 Å². The normalized spacial score (nSPS) is 11.8. The highest BCUT2D eigenvalue weighted by atomic mass is 32.2. The van der Waals surface area contributed by atoms with Crippen molar-refractivity contribution in [1.82, 2.24) is 19.7 Å². The number of sulfonamides is 1. The Kier molecular flexibility index (Phi) is 4.15. The Morgan fingerprint density at radius 3 is 2.65 bits per heavy atom. The van der Waals surface area contributed by atoms with Crippen molar-refractivity contribution in [3.8, 4) is 0 Å². The molecule has 0 aliphatic rings. The Bertz CT molecular complexity index is 687. The fourth-order valence-electron chi connectivity index (χ4n) is 1.98. The molecule has 0 aromatic carbocycles. The second kappa shape index (κ2) is 5.68. The molecule has 0 atom stereocenters. The van der Waals surface area contributed by atoms with Crippen molar-refractivity contribution >= 4 is 15.7 Å². The zero-order valence-corrected chi connectivity index (χ0v) is 12.6. The summed E-state index contributed by atoms with van der Waals surface area (Å²) in [6.07, 6.45) is 4.73. The van der Waals surface area contributed by atoms with Crippen LogP contribution in [0.2, 0.25) is 0 Å². The summed E-state index contributed by atoms with van der Waals surface area (Å²) in [6, 6.07) is 1.68. The molecule has 110 valence electrons. The Balaban J connectivity index is 2.29. The monoisotopic (exact) mass is 297 g/mol. The molecule has 0 saturated heterocycles. The first-order valence-corrected chi connectivity index (χ1v) is 7.79. The zero-order valence-electron chi connectivity index (χ0n) is 11.8. The lowest BCUT2D eigenvalue weighted by Gasteiger charge is -2.04. The molecule has 8 heteroatoms. The Hall–Kier alpha value is -1.80. The van der Waals surface area contributed by atoms with Crippen molar-refractivity contribution in [3.05, 3.63) is 30.4 Å². The van der Waals surface area contributed by atoms with E-state index in [2.05, 4.69) is 15.1 Å². The van der Waals surface area contributed by atoms with Gasteiger partial charge in [0.2, 0.25) is 0 Å². The standard InChI is InChI=1S/C12H19N5O2S/c1-4-17-9-12(5-11(17)7-13-2)20(18,19)15-10-6-14-16(3)8-10/h5-6,8-9,13,15H,4,7H2,1-3H3. The molecule has 0 aliphatic carbocycles. The van der Waals surface area contributed by atoms with Gasteiger partial charge in [-0.1, -0.05) is 0 Å². The molecule has 0 spiro atoms. The van der Waals surface area contributed by atoms with Crippen LogP contribution < -0.4 is 10.0 Å². The van der Waals surface area contributed by atoms with E-state index in [9.17, 15) is 8.42 Å². The number of nitrogens with zero attached hydrogens (tertiary/aromatic N) is 3. The van der Waals surface area contributed by atoms with Crippen LogP contribution in [0, 0.1) is 0 Å². The maximum absolute atomic E-state index is 12.3. The van der Waals surface area contributed by atoms with Crippen molar-refractivity contribution in [2.24, 2.45) is 7.05 Å². The fourth-order valence-corrected chi connectivity index (χ4v) is 3.07. The third-order valence-electron chi connectivity index (χ3n) is 2.93. The molecule has 0 aliphatic heterocycles. The highest BCUT2D eigenvalue weighted by molar-refractivity contribution is 7.92. The second-order valence-corrected chi connectivity index (χ2v) is 6.17. The number of aromatic nitrogens is 3. The van der Waals surface area contributed by atoms with Crippen LogP contribution in [-0.2, 0) is 30.2 Å². The van der Waals surface area contributed by atoms with Crippen LogP contribution in [0.1, 0.15) is 12.6 Å². The average molecular weight is 297 g/mol. The van der Waals surface area contributed by atoms with E-state index in [0.29, 0.717) is 12.2 Å². The molecule has 0 radical (unpaired) electrons. The molecule has 2 aromatic heterocycles. The molecular formula is C12H19N5O2S. The van der Waals surface area contributed by atoms with Gasteiger partial charge in [0.25, 0.3) is 10.0 Å². The SMILES string of the molecule is CCn1cc(S(=O)(=O)Nc2cnn(C)c2)cc1CNC. The van der Waals surface area contributed by atoms with Crippen LogP contribution in [0.3, 0.4) is 0 Å². The van der Waals surface area contributed by atoms with Crippen LogP contribution in [0.25, 0.3) is 0 Å². The molecule has 2 aromatic rings. The number of hydrogen-bond donors (Lipinski definition) is 2. The number of nitrogens with one attached hydrogen (secondary N) is 2. The van der Waals surface area contributed by atoms with E-state index in [4.69, 9.17) is 0 Å². The van der Waals surface area contributed by atoms with E-state index in [1.54, 1.807) is 30.2 Å². The van der Waals surface area contributed by atoms with Crippen molar-refractivity contribution in [2.45, 2.75) is 24.9 Å². The Morgan fingerprint density at radius 2 is 2.10 bits per heavy atom. The molecule has 2 N–H and O–H groups in total. The average Bonchev–Trinajstić information content (AvgIpc) is 2.96. The summed E-state index contributed by atoms with van der Waals surface area (Å²) in [7, 11) is -0.0211. The quantitative estimate of drug-likeness (QED) is 0.825. The topological polar surface area (TPSA) is 81.0 Å². The third-order valence-corrected chi connectivity index (χ3v) is 4.28. The van der Waals surface area contributed by atoms with Gasteiger partial charge in [-0.05, 0) is 20.0 Å². The molecule has 0 bridgehead atoms. The van der Waals surface area contributed by atoms with Crippen molar-refractivity contribution in [3.63, 3.8) is 0 Å². The lowest BCUT2D eigenvalue weighted by atomic mass is 10.4. The largest absolute Gasteiger partial charge is 0.349 e. The van der Waals surface area contributed by atoms with Gasteiger partial charge in [0.15, 0.2) is 0 Å². The highest BCUT2D eigenvalue weighted by Gasteiger charge is 2.18. The van der Waals surface area contributed by atoms with Crippen LogP contribution in [-0.4, -0.2) is 29.8 Å². The molecule has 0 unspecified atom stereocenters. The van der Waals surface area contributed by atoms with Gasteiger partial charge in [-0.15, -0.1) is 0 Å². The maximum atomic E-state index is 12.3. The van der Waals surface area contributed by atoms with E-state index in [0.717, 1.165) is 12.2 Å². The van der Waals surface area contributed by atoms with E-state index in [1.165, 1.54) is 6.20 Å². The van der Waals surface area contributed by atoms with Gasteiger partial charge >= 0.3 is 0 Å². The van der Waals surface area contributed by atoms with Crippen LogP contribution in [0.5, 0.6) is 0 Å². The molecule has 0 fully saturated rings. The number of aryl methyl sites for hydroxylation is 2. The maximum Gasteiger partial charge on any atom is 0.263 e. The van der Waals surface area contributed by atoms with Gasteiger partial charge in [-0.25, -0.2) is 8.42 Å². The Labute approximate surface area is 118 Å². The summed E-state index contributed by atoms with van der Waals surface area (Å²) < 4.78 is 30.6. The van der Waals surface area contributed by atoms with Crippen molar-refractivity contribution in [1.29, 1.82) is 0 Å². The molecule has 7 nitrogen and oxygen atoms in total. The highest BCUT2D eigenvalue weighted by Crippen LogP contribution is 2.18. The Morgan fingerprint density at radius 1 is 1.35 bits per heavy atom. The third kappa shape index (κ3) is 3.02. The van der Waals surface area contributed by atoms with E-state index in [1.807, 2.05) is 18.5 Å². The summed E-state index contributed by atoms with van der Waals surface area (Å²) in [6.45, 7) is 3.32. The summed E-state index contributed by atoms with van der Waals surface area (Å²) in [5.41, 5.74) is 1.38. The predicted octanol–water partition coefficient (Wildman–Crippen LogP) is 0.762. The van der Waals surface area contributed by atoms with Crippen molar-refractivity contribution in [2.75, 3.05) is 11.8 Å². The number of rotatable bonds is 6. The summed E-state index contributed by atoms with van der Waals surface area (Å²) in [5.74, 6) is 0. The minimum absolute atomic E-state index is 0.258. The van der Waals surface area contributed by atoms with Gasteiger partial charge in [0.05, 0.1) is 11.9 Å². The first-order chi connectivity index (χ1) is 9.46. The van der Waals surface area contributed by atoms with E-state index >= 15 is 0 Å². The van der Waals surface area contributed by atoms with Gasteiger partial charge in [-0.2, -0.15) is 5.10 Å². The van der Waals surface area contributed by atoms with Gasteiger partial charge in [0, 0.05) is 38.2 Å². The van der Waals surface area contributed by atoms with Crippen molar-refractivity contribution < 1.29 is 8.42 Å². The number of anilines is 1. The zero-order chi connectivity index (χ0) is 14.8. The predicted molar refractivity (Wildman–Crippen MR) is 76.9 cm³/mol. The lowest BCUT2D eigenvalue weighted by molar-refractivity contribution is 0.600. The summed E-state index contributed by atoms with van der Waals surface area (Å²) in [5, 5.41) is 6.96. The summed E-state index contributed by atoms with van der Waals surface area (Å²) >= 11 is 0. The minimum atomic E-state index is -3.58. The van der Waals surface area contributed by atoms with Crippen LogP contribution in [0.15, 0.2) is 29.6 Å². The molecule has 2 heterocycles. The molecule has 2 rings (SSSR count).